The zero-order chi connectivity index (χ0) is 14.8. The van der Waals surface area contributed by atoms with Gasteiger partial charge in [0.1, 0.15) is 11.9 Å². The van der Waals surface area contributed by atoms with E-state index in [9.17, 15) is 9.18 Å². The number of amides is 1. The Bertz CT molecular complexity index is 525. The summed E-state index contributed by atoms with van der Waals surface area (Å²) in [5.41, 5.74) is 0.535. The molecule has 2 unspecified atom stereocenters. The van der Waals surface area contributed by atoms with Crippen molar-refractivity contribution >= 4 is 18.3 Å². The van der Waals surface area contributed by atoms with Crippen molar-refractivity contribution in [2.45, 2.75) is 13.0 Å². The summed E-state index contributed by atoms with van der Waals surface area (Å²) in [6, 6.07) is 6.62. The third-order valence-corrected chi connectivity index (χ3v) is 4.54. The predicted molar refractivity (Wildman–Crippen MR) is 84.4 cm³/mol. The number of nitrogens with one attached hydrogen (secondary N) is 1. The molecule has 1 aromatic rings. The van der Waals surface area contributed by atoms with E-state index in [1.165, 1.54) is 6.07 Å². The van der Waals surface area contributed by atoms with Crippen LogP contribution in [0.1, 0.15) is 18.6 Å². The molecular formula is C16H22ClFN2O2. The first kappa shape index (κ1) is 17.2. The summed E-state index contributed by atoms with van der Waals surface area (Å²) in [4.78, 5) is 14.4. The summed E-state index contributed by atoms with van der Waals surface area (Å²) in [6.07, 6.45) is -0.365. The zero-order valence-corrected chi connectivity index (χ0v) is 13.4. The maximum atomic E-state index is 13.9. The van der Waals surface area contributed by atoms with Gasteiger partial charge in [0.05, 0.1) is 13.2 Å². The van der Waals surface area contributed by atoms with Crippen LogP contribution in [0.15, 0.2) is 24.3 Å². The van der Waals surface area contributed by atoms with E-state index >= 15 is 0 Å². The number of benzene rings is 1. The second-order valence-corrected chi connectivity index (χ2v) is 5.87. The molecule has 2 heterocycles. The number of nitrogens with zero attached hydrogens (tertiary/aromatic N) is 1. The Balaban J connectivity index is 0.00000176. The monoisotopic (exact) mass is 328 g/mol. The number of carbonyl (C=O) groups is 1. The molecule has 0 spiro atoms. The molecule has 1 N–H and O–H groups in total. The summed E-state index contributed by atoms with van der Waals surface area (Å²) in [7, 11) is 0. The quantitative estimate of drug-likeness (QED) is 0.923. The molecule has 2 aliphatic heterocycles. The van der Waals surface area contributed by atoms with Gasteiger partial charge in [0.25, 0.3) is 0 Å². The van der Waals surface area contributed by atoms with Gasteiger partial charge in [0.2, 0.25) is 5.91 Å². The lowest BCUT2D eigenvalue weighted by molar-refractivity contribution is -0.145. The number of hydrogen-bond donors (Lipinski definition) is 1. The van der Waals surface area contributed by atoms with Crippen LogP contribution in [0.25, 0.3) is 0 Å². The molecule has 3 rings (SSSR count). The molecule has 2 aliphatic rings. The maximum absolute atomic E-state index is 13.9. The van der Waals surface area contributed by atoms with Crippen molar-refractivity contribution in [2.24, 2.45) is 11.8 Å². The Kier molecular flexibility index (Phi) is 5.78. The van der Waals surface area contributed by atoms with Crippen molar-refractivity contribution < 1.29 is 13.9 Å². The van der Waals surface area contributed by atoms with Gasteiger partial charge in [-0.2, -0.15) is 0 Å². The first-order chi connectivity index (χ1) is 10.2. The third kappa shape index (κ3) is 3.42. The summed E-state index contributed by atoms with van der Waals surface area (Å²) in [5, 5.41) is 3.20. The van der Waals surface area contributed by atoms with Gasteiger partial charge >= 0.3 is 0 Å². The largest absolute Gasteiger partial charge is 0.370 e. The fraction of sp³-hybridized carbons (Fsp3) is 0.562. The Labute approximate surface area is 136 Å². The lowest BCUT2D eigenvalue weighted by Gasteiger charge is -2.38. The average molecular weight is 329 g/mol. The third-order valence-electron chi connectivity index (χ3n) is 4.54. The lowest BCUT2D eigenvalue weighted by Crippen LogP contribution is -2.52. The molecule has 4 nitrogen and oxygen atoms in total. The molecule has 0 aromatic heterocycles. The first-order valence-electron chi connectivity index (χ1n) is 7.52. The SMILES string of the molecule is CC(C(=O)N1CCOC(c2ccccc2F)C1)C1CNC1.Cl. The molecule has 0 radical (unpaired) electrons. The molecule has 1 aromatic carbocycles. The Morgan fingerprint density at radius 1 is 1.41 bits per heavy atom. The molecule has 2 atom stereocenters. The highest BCUT2D eigenvalue weighted by molar-refractivity contribution is 5.85. The van der Waals surface area contributed by atoms with E-state index in [2.05, 4.69) is 5.32 Å². The van der Waals surface area contributed by atoms with E-state index in [-0.39, 0.29) is 36.2 Å². The second-order valence-electron chi connectivity index (χ2n) is 5.87. The van der Waals surface area contributed by atoms with Gasteiger partial charge in [-0.3, -0.25) is 4.79 Å². The molecule has 2 saturated heterocycles. The minimum atomic E-state index is -0.365. The van der Waals surface area contributed by atoms with Crippen LogP contribution in [0.2, 0.25) is 0 Å². The molecular weight excluding hydrogens is 307 g/mol. The fourth-order valence-corrected chi connectivity index (χ4v) is 2.93. The number of rotatable bonds is 3. The van der Waals surface area contributed by atoms with Crippen LogP contribution in [-0.4, -0.2) is 43.6 Å². The van der Waals surface area contributed by atoms with Crippen molar-refractivity contribution in [3.63, 3.8) is 0 Å². The van der Waals surface area contributed by atoms with Gasteiger partial charge < -0.3 is 15.0 Å². The molecule has 6 heteroatoms. The normalized spacial score (nSPS) is 23.4. The van der Waals surface area contributed by atoms with Crippen molar-refractivity contribution in [1.82, 2.24) is 10.2 Å². The standard InChI is InChI=1S/C16H21FN2O2.ClH/c1-11(12-8-18-9-12)16(20)19-6-7-21-15(10-19)13-4-2-3-5-14(13)17;/h2-5,11-12,15,18H,6-10H2,1H3;1H. The van der Waals surface area contributed by atoms with Crippen LogP contribution in [-0.2, 0) is 9.53 Å². The summed E-state index contributed by atoms with van der Waals surface area (Å²) < 4.78 is 19.5. The second kappa shape index (κ2) is 7.40. The average Bonchev–Trinajstić information content (AvgIpc) is 2.45. The number of carbonyl (C=O) groups excluding carboxylic acids is 1. The summed E-state index contributed by atoms with van der Waals surface area (Å²) in [6.45, 7) is 5.29. The van der Waals surface area contributed by atoms with Crippen LogP contribution in [0.5, 0.6) is 0 Å². The Morgan fingerprint density at radius 3 is 2.77 bits per heavy atom. The van der Waals surface area contributed by atoms with E-state index < -0.39 is 0 Å². The number of ether oxygens (including phenoxy) is 1. The highest BCUT2D eigenvalue weighted by atomic mass is 35.5. The van der Waals surface area contributed by atoms with E-state index in [1.54, 1.807) is 18.2 Å². The smallest absolute Gasteiger partial charge is 0.225 e. The van der Waals surface area contributed by atoms with E-state index in [4.69, 9.17) is 4.74 Å². The predicted octanol–water partition coefficient (Wildman–Crippen LogP) is 2.00. The maximum Gasteiger partial charge on any atom is 0.225 e. The molecule has 122 valence electrons. The topological polar surface area (TPSA) is 41.6 Å². The van der Waals surface area contributed by atoms with Gasteiger partial charge in [-0.05, 0) is 25.1 Å². The van der Waals surface area contributed by atoms with Gasteiger partial charge in [0, 0.05) is 18.0 Å². The molecule has 22 heavy (non-hydrogen) atoms. The van der Waals surface area contributed by atoms with Gasteiger partial charge in [-0.1, -0.05) is 25.1 Å². The van der Waals surface area contributed by atoms with Crippen molar-refractivity contribution in [2.75, 3.05) is 32.8 Å². The number of halogens is 2. The van der Waals surface area contributed by atoms with Crippen molar-refractivity contribution in [3.05, 3.63) is 35.6 Å². The fourth-order valence-electron chi connectivity index (χ4n) is 2.93. The highest BCUT2D eigenvalue weighted by Gasteiger charge is 2.34. The van der Waals surface area contributed by atoms with Crippen molar-refractivity contribution in [3.8, 4) is 0 Å². The van der Waals surface area contributed by atoms with Gasteiger partial charge in [0.15, 0.2) is 0 Å². The first-order valence-corrected chi connectivity index (χ1v) is 7.52. The Hall–Kier alpha value is -1.17. The Morgan fingerprint density at radius 2 is 2.14 bits per heavy atom. The van der Waals surface area contributed by atoms with E-state index in [0.717, 1.165) is 13.1 Å². The van der Waals surface area contributed by atoms with Crippen LogP contribution in [0.4, 0.5) is 4.39 Å². The summed E-state index contributed by atoms with van der Waals surface area (Å²) in [5.74, 6) is 0.331. The van der Waals surface area contributed by atoms with E-state index in [0.29, 0.717) is 31.2 Å². The highest BCUT2D eigenvalue weighted by Crippen LogP contribution is 2.26. The van der Waals surface area contributed by atoms with Gasteiger partial charge in [-0.25, -0.2) is 4.39 Å². The molecule has 1 amide bonds. The minimum absolute atomic E-state index is 0. The summed E-state index contributed by atoms with van der Waals surface area (Å²) >= 11 is 0. The number of morpholine rings is 1. The molecule has 0 aliphatic carbocycles. The molecule has 2 fully saturated rings. The molecule has 0 saturated carbocycles. The van der Waals surface area contributed by atoms with Crippen LogP contribution >= 0.6 is 12.4 Å². The van der Waals surface area contributed by atoms with Gasteiger partial charge in [-0.15, -0.1) is 12.4 Å². The van der Waals surface area contributed by atoms with Crippen molar-refractivity contribution in [1.29, 1.82) is 0 Å². The number of hydrogen-bond acceptors (Lipinski definition) is 3. The van der Waals surface area contributed by atoms with E-state index in [1.807, 2.05) is 11.8 Å². The van der Waals surface area contributed by atoms with Crippen LogP contribution < -0.4 is 5.32 Å². The minimum Gasteiger partial charge on any atom is -0.370 e. The zero-order valence-electron chi connectivity index (χ0n) is 12.6. The lowest BCUT2D eigenvalue weighted by atomic mass is 9.87. The molecule has 0 bridgehead atoms. The van der Waals surface area contributed by atoms with Crippen LogP contribution in [0, 0.1) is 17.7 Å². The van der Waals surface area contributed by atoms with Crippen LogP contribution in [0.3, 0.4) is 0 Å².